The smallest absolute Gasteiger partial charge is 0.337 e. The van der Waals surface area contributed by atoms with E-state index in [9.17, 15) is 9.59 Å². The fourth-order valence-electron chi connectivity index (χ4n) is 1.41. The number of esters is 1. The summed E-state index contributed by atoms with van der Waals surface area (Å²) in [5.74, 6) is -0.181. The Hall–Kier alpha value is -2.37. The molecule has 0 atom stereocenters. The second-order valence-corrected chi connectivity index (χ2v) is 3.41. The Morgan fingerprint density at radius 3 is 3.00 bits per heavy atom. The molecule has 1 heterocycles. The molecular formula is C11H11N3O3. The second kappa shape index (κ2) is 4.65. The van der Waals surface area contributed by atoms with Gasteiger partial charge in [0.15, 0.2) is 0 Å². The number of nitrogens with zero attached hydrogens (tertiary/aromatic N) is 1. The van der Waals surface area contributed by atoms with E-state index in [2.05, 4.69) is 20.4 Å². The predicted octanol–water partition coefficient (Wildman–Crippen LogP) is 0.371. The van der Waals surface area contributed by atoms with Crippen LogP contribution in [-0.2, 0) is 9.53 Å². The summed E-state index contributed by atoms with van der Waals surface area (Å²) in [5, 5.41) is 5.45. The fourth-order valence-corrected chi connectivity index (χ4v) is 1.41. The van der Waals surface area contributed by atoms with Gasteiger partial charge in [-0.15, -0.1) is 0 Å². The number of benzene rings is 1. The monoisotopic (exact) mass is 233 g/mol. The van der Waals surface area contributed by atoms with Crippen molar-refractivity contribution >= 4 is 23.5 Å². The highest BCUT2D eigenvalue weighted by Crippen LogP contribution is 2.11. The van der Waals surface area contributed by atoms with Crippen LogP contribution >= 0.6 is 0 Å². The zero-order valence-electron chi connectivity index (χ0n) is 9.19. The lowest BCUT2D eigenvalue weighted by Crippen LogP contribution is -2.30. The first kappa shape index (κ1) is 11.1. The van der Waals surface area contributed by atoms with E-state index < -0.39 is 5.97 Å². The van der Waals surface area contributed by atoms with Gasteiger partial charge in [-0.05, 0) is 18.2 Å². The molecule has 0 fully saturated rings. The molecule has 1 aliphatic heterocycles. The minimum atomic E-state index is -0.411. The number of carbonyl (C=O) groups excluding carboxylic acids is 2. The molecule has 1 amide bonds. The van der Waals surface area contributed by atoms with Crippen LogP contribution in [0.5, 0.6) is 0 Å². The molecule has 88 valence electrons. The maximum absolute atomic E-state index is 11.3. The van der Waals surface area contributed by atoms with Crippen LogP contribution in [0.15, 0.2) is 29.3 Å². The van der Waals surface area contributed by atoms with Gasteiger partial charge in [-0.1, -0.05) is 6.07 Å². The molecule has 0 saturated heterocycles. The summed E-state index contributed by atoms with van der Waals surface area (Å²) in [5.41, 5.74) is 1.09. The second-order valence-electron chi connectivity index (χ2n) is 3.41. The molecule has 6 heteroatoms. The van der Waals surface area contributed by atoms with E-state index in [0.717, 1.165) is 0 Å². The van der Waals surface area contributed by atoms with E-state index in [4.69, 9.17) is 0 Å². The van der Waals surface area contributed by atoms with Crippen molar-refractivity contribution in [3.8, 4) is 0 Å². The van der Waals surface area contributed by atoms with Gasteiger partial charge < -0.3 is 10.1 Å². The van der Waals surface area contributed by atoms with Crippen molar-refractivity contribution in [1.82, 2.24) is 5.32 Å². The van der Waals surface area contributed by atoms with E-state index in [1.165, 1.54) is 7.11 Å². The van der Waals surface area contributed by atoms with E-state index in [1.807, 2.05) is 0 Å². The van der Waals surface area contributed by atoms with E-state index >= 15 is 0 Å². The van der Waals surface area contributed by atoms with Crippen molar-refractivity contribution in [2.24, 2.45) is 4.99 Å². The Labute approximate surface area is 97.7 Å². The number of methoxy groups -OCH3 is 1. The van der Waals surface area contributed by atoms with E-state index in [1.54, 1.807) is 24.3 Å². The zero-order chi connectivity index (χ0) is 12.3. The van der Waals surface area contributed by atoms with Crippen LogP contribution in [-0.4, -0.2) is 31.5 Å². The summed E-state index contributed by atoms with van der Waals surface area (Å²) < 4.78 is 4.61. The highest BCUT2D eigenvalue weighted by atomic mass is 16.5. The van der Waals surface area contributed by atoms with Crippen molar-refractivity contribution < 1.29 is 14.3 Å². The summed E-state index contributed by atoms with van der Waals surface area (Å²) in [6.45, 7) is 0.124. The van der Waals surface area contributed by atoms with Crippen LogP contribution in [0, 0.1) is 0 Å². The zero-order valence-corrected chi connectivity index (χ0v) is 9.19. The molecule has 0 radical (unpaired) electrons. The molecule has 17 heavy (non-hydrogen) atoms. The van der Waals surface area contributed by atoms with E-state index in [-0.39, 0.29) is 12.5 Å². The maximum atomic E-state index is 11.3. The van der Waals surface area contributed by atoms with Gasteiger partial charge in [-0.3, -0.25) is 10.1 Å². The first-order chi connectivity index (χ1) is 8.19. The summed E-state index contributed by atoms with van der Waals surface area (Å²) >= 11 is 0. The van der Waals surface area contributed by atoms with Crippen LogP contribution in [0.2, 0.25) is 0 Å². The van der Waals surface area contributed by atoms with Crippen LogP contribution in [0.4, 0.5) is 5.69 Å². The summed E-state index contributed by atoms with van der Waals surface area (Å²) in [6, 6.07) is 6.75. The lowest BCUT2D eigenvalue weighted by atomic mass is 10.2. The molecule has 2 N–H and O–H groups in total. The van der Waals surface area contributed by atoms with Gasteiger partial charge in [0.05, 0.1) is 12.7 Å². The Morgan fingerprint density at radius 2 is 2.35 bits per heavy atom. The lowest BCUT2D eigenvalue weighted by Gasteiger charge is -2.06. The van der Waals surface area contributed by atoms with Gasteiger partial charge in [-0.2, -0.15) is 0 Å². The predicted molar refractivity (Wildman–Crippen MR) is 61.8 cm³/mol. The number of hydrogen-bond donors (Lipinski definition) is 2. The molecule has 0 aromatic heterocycles. The molecule has 0 unspecified atom stereocenters. The highest BCUT2D eigenvalue weighted by Gasteiger charge is 2.13. The first-order valence-electron chi connectivity index (χ1n) is 4.99. The van der Waals surface area contributed by atoms with Gasteiger partial charge >= 0.3 is 5.97 Å². The Morgan fingerprint density at radius 1 is 1.53 bits per heavy atom. The van der Waals surface area contributed by atoms with Crippen LogP contribution in [0.1, 0.15) is 10.4 Å². The average Bonchev–Trinajstić information content (AvgIpc) is 2.74. The number of anilines is 1. The summed E-state index contributed by atoms with van der Waals surface area (Å²) in [4.78, 5) is 26.2. The van der Waals surface area contributed by atoms with Crippen molar-refractivity contribution in [1.29, 1.82) is 0 Å². The highest BCUT2D eigenvalue weighted by molar-refractivity contribution is 6.09. The number of aliphatic imine (C=N–C) groups is 1. The number of rotatable bonds is 2. The molecule has 0 spiro atoms. The largest absolute Gasteiger partial charge is 0.465 e. The SMILES string of the molecule is COC(=O)c1cccc(NC2=NCC(=O)N2)c1. The number of hydrogen-bond acceptors (Lipinski definition) is 5. The van der Waals surface area contributed by atoms with Crippen LogP contribution in [0.25, 0.3) is 0 Å². The molecular weight excluding hydrogens is 222 g/mol. The third-order valence-corrected chi connectivity index (χ3v) is 2.19. The third kappa shape index (κ3) is 2.60. The molecule has 1 aromatic rings. The molecule has 0 bridgehead atoms. The Bertz CT molecular complexity index is 496. The molecule has 0 aliphatic carbocycles. The molecule has 2 rings (SSSR count). The molecule has 6 nitrogen and oxygen atoms in total. The van der Waals surface area contributed by atoms with Crippen molar-refractivity contribution in [2.45, 2.75) is 0 Å². The maximum Gasteiger partial charge on any atom is 0.337 e. The standard InChI is InChI=1S/C11H11N3O3/c1-17-10(16)7-3-2-4-8(5-7)13-11-12-6-9(15)14-11/h2-5H,6H2,1H3,(H2,12,13,14,15). The van der Waals surface area contributed by atoms with Crippen LogP contribution < -0.4 is 10.6 Å². The van der Waals surface area contributed by atoms with Gasteiger partial charge in [0.25, 0.3) is 0 Å². The number of amides is 1. The summed E-state index contributed by atoms with van der Waals surface area (Å²) in [6.07, 6.45) is 0. The summed E-state index contributed by atoms with van der Waals surface area (Å²) in [7, 11) is 1.32. The van der Waals surface area contributed by atoms with E-state index in [0.29, 0.717) is 17.2 Å². The normalized spacial score (nSPS) is 13.9. The molecule has 0 saturated carbocycles. The lowest BCUT2D eigenvalue weighted by molar-refractivity contribution is -0.117. The number of guanidine groups is 1. The quantitative estimate of drug-likeness (QED) is 0.723. The number of nitrogens with one attached hydrogen (secondary N) is 2. The van der Waals surface area contributed by atoms with Gasteiger partial charge in [0.1, 0.15) is 6.54 Å². The average molecular weight is 233 g/mol. The number of carbonyl (C=O) groups is 2. The van der Waals surface area contributed by atoms with Gasteiger partial charge in [0.2, 0.25) is 11.9 Å². The first-order valence-corrected chi connectivity index (χ1v) is 4.99. The minimum absolute atomic E-state index is 0.124. The van der Waals surface area contributed by atoms with Crippen LogP contribution in [0.3, 0.4) is 0 Å². The van der Waals surface area contributed by atoms with Crippen molar-refractivity contribution in [3.05, 3.63) is 29.8 Å². The number of ether oxygens (including phenoxy) is 1. The minimum Gasteiger partial charge on any atom is -0.465 e. The van der Waals surface area contributed by atoms with Crippen molar-refractivity contribution in [3.63, 3.8) is 0 Å². The fraction of sp³-hybridized carbons (Fsp3) is 0.182. The Kier molecular flexibility index (Phi) is 3.04. The molecule has 1 aromatic carbocycles. The Balaban J connectivity index is 2.11. The van der Waals surface area contributed by atoms with Gasteiger partial charge in [-0.25, -0.2) is 9.79 Å². The van der Waals surface area contributed by atoms with Gasteiger partial charge in [0, 0.05) is 5.69 Å². The topological polar surface area (TPSA) is 79.8 Å². The molecule has 1 aliphatic rings. The van der Waals surface area contributed by atoms with Crippen molar-refractivity contribution in [2.75, 3.05) is 19.0 Å². The third-order valence-electron chi connectivity index (χ3n) is 2.19.